The number of nitro benzene ring substituents is 2. The largest absolute Gasteiger partial charge is 0.296 e. The molecule has 0 aliphatic carbocycles. The molecule has 128 valence electrons. The number of nitro groups is 2. The van der Waals surface area contributed by atoms with Gasteiger partial charge in [0, 0.05) is 35.9 Å². The summed E-state index contributed by atoms with van der Waals surface area (Å²) in [6.07, 6.45) is 0.970. The molecule has 0 atom stereocenters. The SMILES string of the molecule is O=C1N=c2cc([N+](=O)[O-])ccc2=N/C1=C/C(=O)c1ccc([N+](=O)[O-])cc1. The van der Waals surface area contributed by atoms with E-state index >= 15 is 0 Å². The van der Waals surface area contributed by atoms with E-state index in [1.54, 1.807) is 0 Å². The first-order valence-electron chi connectivity index (χ1n) is 7.12. The number of allylic oxidation sites excluding steroid dienone is 1. The van der Waals surface area contributed by atoms with Gasteiger partial charge in [0.1, 0.15) is 5.70 Å². The lowest BCUT2D eigenvalue weighted by Crippen LogP contribution is -2.31. The summed E-state index contributed by atoms with van der Waals surface area (Å²) in [4.78, 5) is 52.1. The molecule has 0 aromatic heterocycles. The maximum Gasteiger partial charge on any atom is 0.296 e. The monoisotopic (exact) mass is 352 g/mol. The minimum absolute atomic E-state index is 0.0455. The molecule has 0 spiro atoms. The van der Waals surface area contributed by atoms with Gasteiger partial charge in [0.05, 0.1) is 20.6 Å². The Morgan fingerprint density at radius 3 is 2.12 bits per heavy atom. The van der Waals surface area contributed by atoms with Crippen molar-refractivity contribution in [2.75, 3.05) is 0 Å². The number of rotatable bonds is 4. The number of carbonyl (C=O) groups excluding carboxylic acids is 2. The van der Waals surface area contributed by atoms with E-state index in [1.807, 2.05) is 0 Å². The highest BCUT2D eigenvalue weighted by molar-refractivity contribution is 6.09. The number of amides is 1. The summed E-state index contributed by atoms with van der Waals surface area (Å²) >= 11 is 0. The Kier molecular flexibility index (Phi) is 4.15. The molecule has 10 heteroatoms. The number of hydrogen-bond donors (Lipinski definition) is 0. The van der Waals surface area contributed by atoms with Crippen molar-refractivity contribution in [1.82, 2.24) is 0 Å². The molecule has 0 saturated heterocycles. The summed E-state index contributed by atoms with van der Waals surface area (Å²) in [6, 6.07) is 8.52. The van der Waals surface area contributed by atoms with Crippen molar-refractivity contribution in [3.8, 4) is 0 Å². The van der Waals surface area contributed by atoms with Gasteiger partial charge in [-0.1, -0.05) is 0 Å². The van der Waals surface area contributed by atoms with Gasteiger partial charge in [0.25, 0.3) is 17.3 Å². The summed E-state index contributed by atoms with van der Waals surface area (Å²) in [7, 11) is 0. The van der Waals surface area contributed by atoms with Crippen LogP contribution in [0.5, 0.6) is 0 Å². The number of carbonyl (C=O) groups is 2. The van der Waals surface area contributed by atoms with Gasteiger partial charge in [-0.15, -0.1) is 0 Å². The highest BCUT2D eigenvalue weighted by Crippen LogP contribution is 2.14. The maximum absolute atomic E-state index is 12.2. The molecule has 0 saturated carbocycles. The van der Waals surface area contributed by atoms with E-state index in [-0.39, 0.29) is 33.3 Å². The van der Waals surface area contributed by atoms with Crippen LogP contribution >= 0.6 is 0 Å². The number of ketones is 1. The molecule has 1 amide bonds. The van der Waals surface area contributed by atoms with Crippen LogP contribution < -0.4 is 10.7 Å². The van der Waals surface area contributed by atoms with Gasteiger partial charge in [-0.25, -0.2) is 9.98 Å². The summed E-state index contributed by atoms with van der Waals surface area (Å²) in [6.45, 7) is 0. The Labute approximate surface area is 144 Å². The highest BCUT2D eigenvalue weighted by Gasteiger charge is 2.17. The topological polar surface area (TPSA) is 145 Å². The molecule has 10 nitrogen and oxygen atoms in total. The second-order valence-corrected chi connectivity index (χ2v) is 5.16. The molecule has 0 unspecified atom stereocenters. The number of nitrogens with zero attached hydrogens (tertiary/aromatic N) is 4. The Morgan fingerprint density at radius 1 is 0.885 bits per heavy atom. The van der Waals surface area contributed by atoms with Gasteiger partial charge < -0.3 is 0 Å². The summed E-state index contributed by atoms with van der Waals surface area (Å²) in [5.41, 5.74) is -0.488. The van der Waals surface area contributed by atoms with Gasteiger partial charge in [0.15, 0.2) is 5.78 Å². The van der Waals surface area contributed by atoms with Crippen molar-refractivity contribution < 1.29 is 19.4 Å². The van der Waals surface area contributed by atoms with Crippen LogP contribution in [0, 0.1) is 20.2 Å². The Bertz CT molecular complexity index is 1120. The zero-order valence-corrected chi connectivity index (χ0v) is 12.9. The van der Waals surface area contributed by atoms with E-state index in [0.29, 0.717) is 0 Å². The van der Waals surface area contributed by atoms with Crippen LogP contribution in [-0.4, -0.2) is 21.5 Å². The Morgan fingerprint density at radius 2 is 1.50 bits per heavy atom. The summed E-state index contributed by atoms with van der Waals surface area (Å²) < 4.78 is 0. The molecule has 2 aromatic carbocycles. The highest BCUT2D eigenvalue weighted by atomic mass is 16.6. The second-order valence-electron chi connectivity index (χ2n) is 5.16. The maximum atomic E-state index is 12.2. The van der Waals surface area contributed by atoms with Crippen molar-refractivity contribution in [3.05, 3.63) is 90.7 Å². The first-order chi connectivity index (χ1) is 12.3. The zero-order valence-electron chi connectivity index (χ0n) is 12.9. The zero-order chi connectivity index (χ0) is 18.8. The van der Waals surface area contributed by atoms with Crippen molar-refractivity contribution >= 4 is 23.1 Å². The molecule has 0 N–H and O–H groups in total. The van der Waals surface area contributed by atoms with Crippen molar-refractivity contribution in [2.24, 2.45) is 9.98 Å². The van der Waals surface area contributed by atoms with E-state index < -0.39 is 21.5 Å². The van der Waals surface area contributed by atoms with E-state index in [0.717, 1.165) is 12.1 Å². The third kappa shape index (κ3) is 3.24. The minimum Gasteiger partial charge on any atom is -0.289 e. The molecule has 0 bridgehead atoms. The van der Waals surface area contributed by atoms with Crippen LogP contribution in [0.25, 0.3) is 0 Å². The van der Waals surface area contributed by atoms with Crippen molar-refractivity contribution in [2.45, 2.75) is 0 Å². The Balaban J connectivity index is 1.96. The fraction of sp³-hybridized carbons (Fsp3) is 0. The average Bonchev–Trinajstić information content (AvgIpc) is 2.61. The third-order valence-corrected chi connectivity index (χ3v) is 3.48. The van der Waals surface area contributed by atoms with E-state index in [1.165, 1.54) is 36.4 Å². The number of benzene rings is 2. The van der Waals surface area contributed by atoms with E-state index in [9.17, 15) is 29.8 Å². The Hall–Kier alpha value is -4.08. The quantitative estimate of drug-likeness (QED) is 0.348. The fourth-order valence-corrected chi connectivity index (χ4v) is 2.20. The van der Waals surface area contributed by atoms with Crippen molar-refractivity contribution in [1.29, 1.82) is 0 Å². The predicted octanol–water partition coefficient (Wildman–Crippen LogP) is 1.05. The lowest BCUT2D eigenvalue weighted by molar-refractivity contribution is -0.385. The lowest BCUT2D eigenvalue weighted by atomic mass is 10.1. The number of fused-ring (bicyclic) bond motifs is 1. The average molecular weight is 352 g/mol. The fourth-order valence-electron chi connectivity index (χ4n) is 2.20. The van der Waals surface area contributed by atoms with Crippen LogP contribution in [-0.2, 0) is 4.79 Å². The minimum atomic E-state index is -0.812. The molecule has 1 heterocycles. The van der Waals surface area contributed by atoms with E-state index in [4.69, 9.17) is 0 Å². The molecule has 3 rings (SSSR count). The molecular formula is C16H8N4O6. The lowest BCUT2D eigenvalue weighted by Gasteiger charge is -2.03. The van der Waals surface area contributed by atoms with E-state index in [2.05, 4.69) is 9.98 Å². The molecule has 1 aliphatic rings. The number of hydrogen-bond acceptors (Lipinski definition) is 7. The standard InChI is InChI=1S/C16H8N4O6/c21-15(9-1-3-10(4-2-9)19(23)24)8-14-16(22)18-13-7-11(20(25)26)5-6-12(13)17-14/h1-8H/b14-8+. The van der Waals surface area contributed by atoms with Gasteiger partial charge in [-0.3, -0.25) is 29.8 Å². The van der Waals surface area contributed by atoms with Gasteiger partial charge >= 0.3 is 0 Å². The van der Waals surface area contributed by atoms with Crippen LogP contribution in [0.4, 0.5) is 11.4 Å². The van der Waals surface area contributed by atoms with Gasteiger partial charge in [-0.05, 0) is 18.2 Å². The summed E-state index contributed by atoms with van der Waals surface area (Å²) in [5.74, 6) is -1.39. The smallest absolute Gasteiger partial charge is 0.289 e. The molecular weight excluding hydrogens is 344 g/mol. The predicted molar refractivity (Wildman–Crippen MR) is 85.9 cm³/mol. The molecule has 0 radical (unpaired) electrons. The van der Waals surface area contributed by atoms with Crippen LogP contribution in [0.2, 0.25) is 0 Å². The molecule has 2 aromatic rings. The van der Waals surface area contributed by atoms with Crippen LogP contribution in [0.1, 0.15) is 10.4 Å². The normalized spacial score (nSPS) is 14.2. The summed E-state index contributed by atoms with van der Waals surface area (Å²) in [5, 5.41) is 21.6. The molecule has 0 fully saturated rings. The van der Waals surface area contributed by atoms with Crippen LogP contribution in [0.15, 0.2) is 64.2 Å². The van der Waals surface area contributed by atoms with Gasteiger partial charge in [0.2, 0.25) is 0 Å². The number of non-ortho nitro benzene ring substituents is 2. The van der Waals surface area contributed by atoms with Crippen molar-refractivity contribution in [3.63, 3.8) is 0 Å². The first-order valence-corrected chi connectivity index (χ1v) is 7.12. The molecule has 1 aliphatic heterocycles. The third-order valence-electron chi connectivity index (χ3n) is 3.48. The first kappa shape index (κ1) is 16.8. The van der Waals surface area contributed by atoms with Crippen LogP contribution in [0.3, 0.4) is 0 Å². The van der Waals surface area contributed by atoms with Gasteiger partial charge in [-0.2, -0.15) is 0 Å². The second kappa shape index (κ2) is 6.43. The molecule has 26 heavy (non-hydrogen) atoms.